The molecule has 8 aromatic rings. The van der Waals surface area contributed by atoms with Gasteiger partial charge in [0.25, 0.3) is 5.91 Å². The standard InChI is InChI=1S/C31H34N2O3.C21H29NO.C12H11NO3.C2H6O.CH4O/c1-30(2,3)23-16-24(31(4,5)6)27(36-19-20-12-8-7-9-13-20)17-26(23)33-29(35)22-18-32-25-15-11-10-14-21(25)28(22)34;1-20(2,3)16-12-17(21(4,5)6)19(13-18(16)22)23-14-15-10-8-7-9-11-15;1-2-16-12(15)9-7-13-10-6-4-3-5-8(10)11(9)14;1-2-3;1-2/h7-18H,19H2,1-6H3,(H,32,34)(H,33,35);7-13H,14,22H2,1-6H3;3-7H,2H2,1H3,(H,13,14);3H,2H2,1H3;2H,1H3. The number of benzene rings is 6. The minimum absolute atomic E-state index is 0.000277. The van der Waals surface area contributed by atoms with Crippen LogP contribution in [0, 0.1) is 0 Å². The summed E-state index contributed by atoms with van der Waals surface area (Å²) in [7, 11) is 1.00. The number of para-hydroxylation sites is 2. The Kier molecular flexibility index (Phi) is 23.2. The molecular formula is C67H84N4O9. The van der Waals surface area contributed by atoms with Crippen molar-refractivity contribution in [2.45, 2.75) is 132 Å². The largest absolute Gasteiger partial charge is 0.489 e. The Labute approximate surface area is 472 Å². The highest BCUT2D eigenvalue weighted by molar-refractivity contribution is 6.06. The van der Waals surface area contributed by atoms with Gasteiger partial charge in [-0.15, -0.1) is 0 Å². The minimum atomic E-state index is -0.588. The first-order valence-corrected chi connectivity index (χ1v) is 26.9. The number of hydrogen-bond acceptors (Lipinski definition) is 10. The summed E-state index contributed by atoms with van der Waals surface area (Å²) in [5.74, 6) is 0.549. The summed E-state index contributed by atoms with van der Waals surface area (Å²) in [5.41, 5.74) is 14.9. The molecule has 13 nitrogen and oxygen atoms in total. The number of fused-ring (bicyclic) bond motifs is 2. The molecule has 0 aliphatic carbocycles. The zero-order valence-corrected chi connectivity index (χ0v) is 49.5. The molecule has 0 unspecified atom stereocenters. The SMILES string of the molecule is CC(C)(C)c1cc(C(C)(C)C)c(OCc2ccccc2)cc1N.CC(C)(C)c1cc(C(C)(C)C)c(OCc2ccccc2)cc1NC(=O)c1c[nH]c2ccccc2c1=O.CCO.CCOC(=O)c1c[nH]c2ccccc2c1=O.CO. The number of rotatable bonds is 10. The van der Waals surface area contributed by atoms with E-state index in [-0.39, 0.29) is 56.9 Å². The van der Waals surface area contributed by atoms with Gasteiger partial charge in [0.05, 0.1) is 6.61 Å². The van der Waals surface area contributed by atoms with Crippen LogP contribution in [0.15, 0.2) is 155 Å². The first-order valence-electron chi connectivity index (χ1n) is 26.9. The molecule has 0 saturated heterocycles. The maximum absolute atomic E-state index is 13.4. The maximum Gasteiger partial charge on any atom is 0.343 e. The highest BCUT2D eigenvalue weighted by Gasteiger charge is 2.29. The van der Waals surface area contributed by atoms with E-state index in [0.29, 0.717) is 46.5 Å². The lowest BCUT2D eigenvalue weighted by atomic mass is 9.79. The molecule has 1 amide bonds. The molecule has 0 radical (unpaired) electrons. The van der Waals surface area contributed by atoms with Gasteiger partial charge < -0.3 is 45.4 Å². The first-order chi connectivity index (χ1) is 37.7. The van der Waals surface area contributed by atoms with E-state index in [2.05, 4.69) is 123 Å². The van der Waals surface area contributed by atoms with Crippen molar-refractivity contribution < 1.29 is 34.0 Å². The molecule has 2 heterocycles. The summed E-state index contributed by atoms with van der Waals surface area (Å²) in [5, 5.41) is 18.6. The normalized spacial score (nSPS) is 11.3. The Hall–Kier alpha value is -8.00. The van der Waals surface area contributed by atoms with Crippen LogP contribution >= 0.6 is 0 Å². The van der Waals surface area contributed by atoms with E-state index in [1.54, 1.807) is 44.2 Å². The van der Waals surface area contributed by atoms with Crippen LogP contribution in [-0.4, -0.2) is 52.4 Å². The molecular weight excluding hydrogens is 1000 g/mol. The van der Waals surface area contributed by atoms with E-state index in [1.807, 2.05) is 78.9 Å². The number of nitrogens with two attached hydrogens (primary N) is 1. The number of hydrogen-bond donors (Lipinski definition) is 6. The molecule has 13 heteroatoms. The second-order valence-electron chi connectivity index (χ2n) is 23.0. The van der Waals surface area contributed by atoms with Crippen molar-refractivity contribution in [3.8, 4) is 11.5 Å². The molecule has 8 rings (SSSR count). The average molecular weight is 1090 g/mol. The molecule has 6 aromatic carbocycles. The predicted octanol–water partition coefficient (Wildman–Crippen LogP) is 13.7. The van der Waals surface area contributed by atoms with Crippen molar-refractivity contribution in [1.29, 1.82) is 0 Å². The van der Waals surface area contributed by atoms with Gasteiger partial charge in [-0.3, -0.25) is 14.4 Å². The Morgan fingerprint density at radius 1 is 0.525 bits per heavy atom. The fourth-order valence-corrected chi connectivity index (χ4v) is 8.48. The van der Waals surface area contributed by atoms with Crippen LogP contribution in [0.4, 0.5) is 11.4 Å². The average Bonchev–Trinajstić information content (AvgIpc) is 3.40. The highest BCUT2D eigenvalue weighted by atomic mass is 16.5. The van der Waals surface area contributed by atoms with Crippen LogP contribution in [0.2, 0.25) is 0 Å². The topological polar surface area (TPSA) is 206 Å². The Bertz CT molecular complexity index is 3410. The fourth-order valence-electron chi connectivity index (χ4n) is 8.48. The van der Waals surface area contributed by atoms with E-state index < -0.39 is 11.9 Å². The lowest BCUT2D eigenvalue weighted by Gasteiger charge is -2.30. The summed E-state index contributed by atoms with van der Waals surface area (Å²) in [6.07, 6.45) is 2.87. The van der Waals surface area contributed by atoms with Gasteiger partial charge in [0.1, 0.15) is 35.8 Å². The van der Waals surface area contributed by atoms with Crippen molar-refractivity contribution in [2.24, 2.45) is 0 Å². The van der Waals surface area contributed by atoms with Crippen LogP contribution < -0.4 is 31.4 Å². The summed E-state index contributed by atoms with van der Waals surface area (Å²) >= 11 is 0. The zero-order chi connectivity index (χ0) is 59.6. The number of carbonyl (C=O) groups excluding carboxylic acids is 2. The third kappa shape index (κ3) is 17.8. The number of aromatic amines is 2. The van der Waals surface area contributed by atoms with E-state index in [0.717, 1.165) is 40.8 Å². The zero-order valence-electron chi connectivity index (χ0n) is 49.5. The molecule has 0 bridgehead atoms. The van der Waals surface area contributed by atoms with Gasteiger partial charge in [0.2, 0.25) is 10.9 Å². The van der Waals surface area contributed by atoms with E-state index in [9.17, 15) is 19.2 Å². The summed E-state index contributed by atoms with van der Waals surface area (Å²) in [6.45, 7) is 30.8. The number of amides is 1. The van der Waals surface area contributed by atoms with Crippen LogP contribution in [0.25, 0.3) is 21.8 Å². The van der Waals surface area contributed by atoms with Crippen molar-refractivity contribution in [1.82, 2.24) is 9.97 Å². The first kappa shape index (κ1) is 64.5. The van der Waals surface area contributed by atoms with Crippen molar-refractivity contribution in [3.63, 3.8) is 0 Å². The molecule has 0 atom stereocenters. The van der Waals surface area contributed by atoms with E-state index in [1.165, 1.54) is 23.5 Å². The predicted molar refractivity (Wildman–Crippen MR) is 328 cm³/mol. The molecule has 426 valence electrons. The van der Waals surface area contributed by atoms with Crippen LogP contribution in [0.5, 0.6) is 11.5 Å². The second kappa shape index (κ2) is 28.8. The Morgan fingerprint density at radius 3 is 1.32 bits per heavy atom. The van der Waals surface area contributed by atoms with Gasteiger partial charge >= 0.3 is 5.97 Å². The molecule has 80 heavy (non-hydrogen) atoms. The third-order valence-electron chi connectivity index (χ3n) is 12.5. The number of aromatic nitrogens is 2. The number of carbonyl (C=O) groups is 2. The van der Waals surface area contributed by atoms with E-state index in [4.69, 9.17) is 30.2 Å². The number of anilines is 2. The maximum atomic E-state index is 13.4. The smallest absolute Gasteiger partial charge is 0.343 e. The molecule has 0 saturated carbocycles. The fraction of sp³-hybridized carbons (Fsp3) is 0.343. The van der Waals surface area contributed by atoms with Gasteiger partial charge in [-0.05, 0) is 105 Å². The second-order valence-corrected chi connectivity index (χ2v) is 23.0. The number of nitrogen functional groups attached to an aromatic ring is 1. The van der Waals surface area contributed by atoms with Gasteiger partial charge in [-0.25, -0.2) is 4.79 Å². The van der Waals surface area contributed by atoms with Crippen LogP contribution in [0.1, 0.15) is 151 Å². The molecule has 0 fully saturated rings. The Morgan fingerprint density at radius 2 is 0.900 bits per heavy atom. The number of aliphatic hydroxyl groups is 2. The van der Waals surface area contributed by atoms with Crippen molar-refractivity contribution in [2.75, 3.05) is 31.4 Å². The number of aliphatic hydroxyl groups excluding tert-OH is 2. The number of ether oxygens (including phenoxy) is 3. The number of H-pyrrole nitrogens is 2. The van der Waals surface area contributed by atoms with Gasteiger partial charge in [0.15, 0.2) is 0 Å². The summed E-state index contributed by atoms with van der Waals surface area (Å²) < 4.78 is 17.2. The molecule has 0 spiro atoms. The van der Waals surface area contributed by atoms with Crippen LogP contribution in [0.3, 0.4) is 0 Å². The van der Waals surface area contributed by atoms with Gasteiger partial charge in [-0.1, -0.05) is 168 Å². The number of pyridine rings is 2. The number of esters is 1. The Balaban J connectivity index is 0.000000268. The highest BCUT2D eigenvalue weighted by Crippen LogP contribution is 2.42. The minimum Gasteiger partial charge on any atom is -0.489 e. The van der Waals surface area contributed by atoms with Gasteiger partial charge in [0, 0.05) is 71.4 Å². The third-order valence-corrected chi connectivity index (χ3v) is 12.5. The van der Waals surface area contributed by atoms with Crippen LogP contribution in [-0.2, 0) is 39.6 Å². The quantitative estimate of drug-likeness (QED) is 0.0564. The lowest BCUT2D eigenvalue weighted by Crippen LogP contribution is -2.25. The molecule has 2 aromatic heterocycles. The molecule has 0 aliphatic heterocycles. The summed E-state index contributed by atoms with van der Waals surface area (Å²) in [6, 6.07) is 42.7. The summed E-state index contributed by atoms with van der Waals surface area (Å²) in [4.78, 5) is 55.8. The van der Waals surface area contributed by atoms with Gasteiger partial charge in [-0.2, -0.15) is 0 Å². The van der Waals surface area contributed by atoms with Crippen molar-refractivity contribution in [3.05, 3.63) is 211 Å². The number of nitrogens with one attached hydrogen (secondary N) is 3. The van der Waals surface area contributed by atoms with Crippen molar-refractivity contribution >= 4 is 45.1 Å². The monoisotopic (exact) mass is 1090 g/mol. The lowest BCUT2D eigenvalue weighted by molar-refractivity contribution is 0.0524. The molecule has 7 N–H and O–H groups in total. The van der Waals surface area contributed by atoms with E-state index >= 15 is 0 Å². The molecule has 0 aliphatic rings.